The predicted molar refractivity (Wildman–Crippen MR) is 61.5 cm³/mol. The van der Waals surface area contributed by atoms with Crippen LogP contribution < -0.4 is 10.5 Å². The molecule has 1 saturated heterocycles. The van der Waals surface area contributed by atoms with Crippen LogP contribution in [0.2, 0.25) is 0 Å². The fraction of sp³-hybridized carbons (Fsp3) is 1.00. The van der Waals surface area contributed by atoms with Crippen LogP contribution in [-0.4, -0.2) is 39.5 Å². The summed E-state index contributed by atoms with van der Waals surface area (Å²) in [6, 6.07) is -0.0769. The van der Waals surface area contributed by atoms with Crippen LogP contribution >= 0.6 is 0 Å². The average molecular weight is 248 g/mol. The predicted octanol–water partition coefficient (Wildman–Crippen LogP) is -0.178. The van der Waals surface area contributed by atoms with Crippen LogP contribution in [0.15, 0.2) is 0 Å². The minimum absolute atomic E-state index is 0.0769. The van der Waals surface area contributed by atoms with Crippen molar-refractivity contribution in [1.82, 2.24) is 4.72 Å². The molecular formula is C10H20N2O3S. The molecule has 0 spiro atoms. The van der Waals surface area contributed by atoms with E-state index >= 15 is 0 Å². The Hall–Kier alpha value is -0.170. The maximum atomic E-state index is 12.0. The van der Waals surface area contributed by atoms with Crippen LogP contribution in [0.3, 0.4) is 0 Å². The zero-order chi connectivity index (χ0) is 11.6. The van der Waals surface area contributed by atoms with E-state index < -0.39 is 15.3 Å². The van der Waals surface area contributed by atoms with Crippen molar-refractivity contribution in [1.29, 1.82) is 0 Å². The first-order valence-electron chi connectivity index (χ1n) is 5.92. The molecule has 1 heterocycles. The van der Waals surface area contributed by atoms with Gasteiger partial charge in [-0.1, -0.05) is 0 Å². The van der Waals surface area contributed by atoms with Crippen LogP contribution in [0, 0.1) is 5.92 Å². The van der Waals surface area contributed by atoms with Gasteiger partial charge in [0.25, 0.3) is 0 Å². The Labute approximate surface area is 96.8 Å². The van der Waals surface area contributed by atoms with Crippen molar-refractivity contribution < 1.29 is 13.2 Å². The maximum absolute atomic E-state index is 12.0. The molecule has 1 saturated carbocycles. The molecule has 0 radical (unpaired) electrons. The Balaban J connectivity index is 1.94. The van der Waals surface area contributed by atoms with Gasteiger partial charge in [-0.25, -0.2) is 13.1 Å². The van der Waals surface area contributed by atoms with Gasteiger partial charge in [0.2, 0.25) is 10.0 Å². The summed E-state index contributed by atoms with van der Waals surface area (Å²) < 4.78 is 32.0. The normalized spacial score (nSPS) is 28.9. The van der Waals surface area contributed by atoms with Gasteiger partial charge in [0.1, 0.15) is 0 Å². The molecule has 6 heteroatoms. The average Bonchev–Trinajstić information content (AvgIpc) is 3.11. The Morgan fingerprint density at radius 2 is 2.12 bits per heavy atom. The number of rotatable bonds is 5. The number of sulfonamides is 1. The lowest BCUT2D eigenvalue weighted by Gasteiger charge is -2.25. The molecule has 0 aromatic carbocycles. The summed E-state index contributed by atoms with van der Waals surface area (Å²) in [6.07, 6.45) is 3.69. The first-order valence-corrected chi connectivity index (χ1v) is 7.47. The monoisotopic (exact) mass is 248 g/mol. The Morgan fingerprint density at radius 1 is 1.38 bits per heavy atom. The quantitative estimate of drug-likeness (QED) is 0.707. The summed E-state index contributed by atoms with van der Waals surface area (Å²) in [6.45, 7) is 1.38. The van der Waals surface area contributed by atoms with Gasteiger partial charge in [-0.15, -0.1) is 0 Å². The molecule has 0 bridgehead atoms. The van der Waals surface area contributed by atoms with Gasteiger partial charge in [-0.2, -0.15) is 0 Å². The first kappa shape index (κ1) is 12.3. The number of hydrogen-bond donors (Lipinski definition) is 2. The van der Waals surface area contributed by atoms with Gasteiger partial charge < -0.3 is 10.5 Å². The van der Waals surface area contributed by atoms with Gasteiger partial charge in [-0.3, -0.25) is 0 Å². The van der Waals surface area contributed by atoms with Gasteiger partial charge >= 0.3 is 0 Å². The highest BCUT2D eigenvalue weighted by atomic mass is 32.2. The van der Waals surface area contributed by atoms with E-state index in [1.54, 1.807) is 0 Å². The third kappa shape index (κ3) is 2.94. The van der Waals surface area contributed by atoms with E-state index in [0.717, 1.165) is 19.3 Å². The SMILES string of the molecule is NC[C@H](NS(=O)(=O)[C@H]1CCCOC1)C1CC1. The largest absolute Gasteiger partial charge is 0.380 e. The van der Waals surface area contributed by atoms with Crippen LogP contribution in [0.4, 0.5) is 0 Å². The zero-order valence-electron chi connectivity index (χ0n) is 9.39. The number of ether oxygens (including phenoxy) is 1. The highest BCUT2D eigenvalue weighted by Gasteiger charge is 2.36. The fourth-order valence-corrected chi connectivity index (χ4v) is 3.75. The lowest BCUT2D eigenvalue weighted by atomic mass is 10.2. The molecule has 0 aromatic heterocycles. The van der Waals surface area contributed by atoms with Crippen molar-refractivity contribution in [3.63, 3.8) is 0 Å². The molecule has 0 amide bonds. The number of nitrogens with two attached hydrogens (primary N) is 1. The summed E-state index contributed by atoms with van der Waals surface area (Å²) in [4.78, 5) is 0. The molecule has 1 aliphatic carbocycles. The van der Waals surface area contributed by atoms with Crippen LogP contribution in [0.25, 0.3) is 0 Å². The van der Waals surface area contributed by atoms with Crippen molar-refractivity contribution in [2.45, 2.75) is 37.0 Å². The molecule has 2 aliphatic rings. The minimum Gasteiger partial charge on any atom is -0.380 e. The highest BCUT2D eigenvalue weighted by molar-refractivity contribution is 7.90. The molecule has 2 atom stereocenters. The second-order valence-electron chi connectivity index (χ2n) is 4.68. The number of hydrogen-bond acceptors (Lipinski definition) is 4. The van der Waals surface area contributed by atoms with E-state index in [4.69, 9.17) is 10.5 Å². The van der Waals surface area contributed by atoms with E-state index in [2.05, 4.69) is 4.72 Å². The molecule has 16 heavy (non-hydrogen) atoms. The highest BCUT2D eigenvalue weighted by Crippen LogP contribution is 2.32. The summed E-state index contributed by atoms with van der Waals surface area (Å²) in [5.41, 5.74) is 5.59. The molecule has 94 valence electrons. The molecule has 0 unspecified atom stereocenters. The zero-order valence-corrected chi connectivity index (χ0v) is 10.2. The third-order valence-electron chi connectivity index (χ3n) is 3.32. The lowest BCUT2D eigenvalue weighted by molar-refractivity contribution is 0.0987. The summed E-state index contributed by atoms with van der Waals surface area (Å²) >= 11 is 0. The smallest absolute Gasteiger partial charge is 0.217 e. The summed E-state index contributed by atoms with van der Waals surface area (Å²) in [5, 5.41) is -0.394. The summed E-state index contributed by atoms with van der Waals surface area (Å²) in [7, 11) is -3.25. The lowest BCUT2D eigenvalue weighted by Crippen LogP contribution is -2.47. The fourth-order valence-electron chi connectivity index (χ4n) is 2.10. The third-order valence-corrected chi connectivity index (χ3v) is 5.20. The van der Waals surface area contributed by atoms with Crippen LogP contribution in [0.1, 0.15) is 25.7 Å². The van der Waals surface area contributed by atoms with E-state index in [1.165, 1.54) is 0 Å². The van der Waals surface area contributed by atoms with E-state index in [-0.39, 0.29) is 6.04 Å². The van der Waals surface area contributed by atoms with Crippen molar-refractivity contribution in [2.24, 2.45) is 11.7 Å². The topological polar surface area (TPSA) is 81.4 Å². The van der Waals surface area contributed by atoms with E-state index in [9.17, 15) is 8.42 Å². The molecule has 2 fully saturated rings. The van der Waals surface area contributed by atoms with E-state index in [0.29, 0.717) is 32.1 Å². The van der Waals surface area contributed by atoms with E-state index in [1.807, 2.05) is 0 Å². The molecule has 0 aromatic rings. The van der Waals surface area contributed by atoms with Crippen molar-refractivity contribution in [3.05, 3.63) is 0 Å². The Bertz CT molecular complexity index is 321. The van der Waals surface area contributed by atoms with Crippen molar-refractivity contribution in [3.8, 4) is 0 Å². The molecule has 1 aliphatic heterocycles. The van der Waals surface area contributed by atoms with Crippen molar-refractivity contribution in [2.75, 3.05) is 19.8 Å². The maximum Gasteiger partial charge on any atom is 0.217 e. The molecular weight excluding hydrogens is 228 g/mol. The minimum atomic E-state index is -3.25. The van der Waals surface area contributed by atoms with Crippen LogP contribution in [0.5, 0.6) is 0 Å². The molecule has 3 N–H and O–H groups in total. The second-order valence-corrected chi connectivity index (χ2v) is 6.67. The second kappa shape index (κ2) is 5.00. The number of nitrogens with one attached hydrogen (secondary N) is 1. The Kier molecular flexibility index (Phi) is 3.84. The van der Waals surface area contributed by atoms with Gasteiger partial charge in [-0.05, 0) is 31.6 Å². The van der Waals surface area contributed by atoms with Gasteiger partial charge in [0, 0.05) is 19.2 Å². The molecule has 5 nitrogen and oxygen atoms in total. The summed E-state index contributed by atoms with van der Waals surface area (Å²) in [5.74, 6) is 0.448. The first-order chi connectivity index (χ1) is 7.63. The van der Waals surface area contributed by atoms with Gasteiger partial charge in [0.05, 0.1) is 11.9 Å². The van der Waals surface area contributed by atoms with Gasteiger partial charge in [0.15, 0.2) is 0 Å². The van der Waals surface area contributed by atoms with Crippen molar-refractivity contribution >= 4 is 10.0 Å². The molecule has 2 rings (SSSR count). The Morgan fingerprint density at radius 3 is 2.62 bits per heavy atom. The van der Waals surface area contributed by atoms with Crippen LogP contribution in [-0.2, 0) is 14.8 Å². The standard InChI is InChI=1S/C10H20N2O3S/c11-6-10(8-3-4-8)12-16(13,14)9-2-1-5-15-7-9/h8-10,12H,1-7,11H2/t9-,10-/m0/s1.